The summed E-state index contributed by atoms with van der Waals surface area (Å²) in [5.41, 5.74) is 4.04. The van der Waals surface area contributed by atoms with Crippen LogP contribution in [0.1, 0.15) is 89.4 Å². The molecule has 196 valence electrons. The van der Waals surface area contributed by atoms with Crippen LogP contribution in [-0.2, 0) is 15.1 Å². The zero-order chi connectivity index (χ0) is 25.9. The maximum absolute atomic E-state index is 13.0. The highest BCUT2D eigenvalue weighted by Gasteiger charge is 2.39. The van der Waals surface area contributed by atoms with Gasteiger partial charge in [-0.25, -0.2) is 4.98 Å². The first kappa shape index (κ1) is 25.8. The number of carbonyl (C=O) groups is 1. The molecule has 0 unspecified atom stereocenters. The molecule has 1 N–H and O–H groups in total. The van der Waals surface area contributed by atoms with E-state index < -0.39 is 0 Å². The minimum absolute atomic E-state index is 0.264. The Hall–Kier alpha value is -2.82. The number of carbonyl (C=O) groups excluding carboxylic acids is 1. The molecule has 0 aromatic carbocycles. The third-order valence-corrected chi connectivity index (χ3v) is 8.39. The Labute approximate surface area is 220 Å². The number of nitrogens with zero attached hydrogens (tertiary/aromatic N) is 4. The van der Waals surface area contributed by atoms with Gasteiger partial charge in [0.15, 0.2) is 5.71 Å². The number of aromatic nitrogens is 1. The molecule has 0 bridgehead atoms. The minimum Gasteiger partial charge on any atom is -0.367 e. The van der Waals surface area contributed by atoms with Crippen molar-refractivity contribution in [3.8, 4) is 0 Å². The van der Waals surface area contributed by atoms with E-state index in [0.717, 1.165) is 69.5 Å². The predicted octanol–water partition coefficient (Wildman–Crippen LogP) is 6.10. The van der Waals surface area contributed by atoms with E-state index in [1.807, 2.05) is 12.1 Å². The van der Waals surface area contributed by atoms with E-state index in [1.54, 1.807) is 6.08 Å². The number of likely N-dealkylation sites (tertiary alicyclic amines) is 1. The van der Waals surface area contributed by atoms with Crippen molar-refractivity contribution in [1.29, 1.82) is 0 Å². The molecule has 2 aliphatic carbocycles. The van der Waals surface area contributed by atoms with Gasteiger partial charge >= 0.3 is 0 Å². The van der Waals surface area contributed by atoms with Gasteiger partial charge in [-0.3, -0.25) is 4.79 Å². The van der Waals surface area contributed by atoms with E-state index in [2.05, 4.69) is 40.0 Å². The van der Waals surface area contributed by atoms with Crippen molar-refractivity contribution in [1.82, 2.24) is 9.88 Å². The Balaban J connectivity index is 1.42. The summed E-state index contributed by atoms with van der Waals surface area (Å²) < 4.78 is 6.68. The first-order valence-electron chi connectivity index (χ1n) is 13.9. The van der Waals surface area contributed by atoms with Crippen LogP contribution in [0.2, 0.25) is 0 Å². The van der Waals surface area contributed by atoms with Crippen LogP contribution in [0.15, 0.2) is 35.1 Å². The quantitative estimate of drug-likeness (QED) is 0.437. The summed E-state index contributed by atoms with van der Waals surface area (Å²) >= 11 is 0. The summed E-state index contributed by atoms with van der Waals surface area (Å²) in [4.78, 5) is 28.3. The molecule has 0 atom stereocenters. The summed E-state index contributed by atoms with van der Waals surface area (Å²) in [6, 6.07) is 4.05. The van der Waals surface area contributed by atoms with Crippen molar-refractivity contribution in [2.45, 2.75) is 83.7 Å². The molecule has 1 aromatic rings. The fraction of sp³-hybridized carbons (Fsp3) is 0.600. The molecular weight excluding hydrogens is 462 g/mol. The topological polar surface area (TPSA) is 71.2 Å². The van der Waals surface area contributed by atoms with Gasteiger partial charge in [-0.2, -0.15) is 0 Å². The van der Waals surface area contributed by atoms with Gasteiger partial charge in [-0.05, 0) is 81.2 Å². The van der Waals surface area contributed by atoms with Gasteiger partial charge in [-0.1, -0.05) is 45.4 Å². The van der Waals surface area contributed by atoms with E-state index in [9.17, 15) is 4.79 Å². The Morgan fingerprint density at radius 2 is 1.92 bits per heavy atom. The molecule has 7 nitrogen and oxygen atoms in total. The highest BCUT2D eigenvalue weighted by atomic mass is 16.5. The molecule has 0 spiro atoms. The Morgan fingerprint density at radius 3 is 2.59 bits per heavy atom. The van der Waals surface area contributed by atoms with Gasteiger partial charge in [0.2, 0.25) is 0 Å². The lowest BCUT2D eigenvalue weighted by molar-refractivity contribution is -0.110. The summed E-state index contributed by atoms with van der Waals surface area (Å²) in [7, 11) is 0. The van der Waals surface area contributed by atoms with Crippen molar-refractivity contribution in [3.05, 3.63) is 52.9 Å². The molecule has 1 saturated heterocycles. The van der Waals surface area contributed by atoms with Gasteiger partial charge in [0.05, 0.1) is 23.7 Å². The van der Waals surface area contributed by atoms with Crippen LogP contribution in [-0.4, -0.2) is 47.7 Å². The Morgan fingerprint density at radius 1 is 1.14 bits per heavy atom. The summed E-state index contributed by atoms with van der Waals surface area (Å²) in [6.45, 7) is 15.8. The highest BCUT2D eigenvalue weighted by molar-refractivity contribution is 6.44. The van der Waals surface area contributed by atoms with E-state index in [-0.39, 0.29) is 22.7 Å². The van der Waals surface area contributed by atoms with Crippen LogP contribution in [0.25, 0.3) is 10.4 Å². The number of hydrogen-bond acceptors (Lipinski definition) is 5. The first-order valence-corrected chi connectivity index (χ1v) is 13.9. The van der Waals surface area contributed by atoms with Crippen LogP contribution in [0.5, 0.6) is 0 Å². The lowest BCUT2D eigenvalue weighted by atomic mass is 9.77. The molecule has 3 heterocycles. The lowest BCUT2D eigenvalue weighted by Crippen LogP contribution is -2.33. The second kappa shape index (κ2) is 10.9. The molecular formula is C30H39N5O2. The number of hydrogen-bond donors (Lipinski definition) is 1. The number of ether oxygens (including phenoxy) is 1. The average molecular weight is 502 g/mol. The SMILES string of the molecule is [C-]#[N+]C1=CCC(C(=O)Nc2ccc(C3(OCCN4CCCC4)CCCC3)nc2C2=CCC(C)(C)CC2)=N1. The monoisotopic (exact) mass is 501 g/mol. The molecule has 5 rings (SSSR count). The maximum atomic E-state index is 13.0. The summed E-state index contributed by atoms with van der Waals surface area (Å²) in [5.74, 6) is 0.0187. The third-order valence-electron chi connectivity index (χ3n) is 8.39. The smallest absolute Gasteiger partial charge is 0.294 e. The van der Waals surface area contributed by atoms with Crippen LogP contribution in [0.3, 0.4) is 0 Å². The van der Waals surface area contributed by atoms with Gasteiger partial charge < -0.3 is 19.8 Å². The zero-order valence-corrected chi connectivity index (χ0v) is 22.3. The molecule has 2 aliphatic heterocycles. The number of anilines is 1. The van der Waals surface area contributed by atoms with Gasteiger partial charge in [0, 0.05) is 13.0 Å². The van der Waals surface area contributed by atoms with Gasteiger partial charge in [0.1, 0.15) is 5.60 Å². The molecule has 2 fully saturated rings. The molecule has 1 amide bonds. The van der Waals surface area contributed by atoms with Crippen LogP contribution in [0.4, 0.5) is 5.69 Å². The molecule has 37 heavy (non-hydrogen) atoms. The van der Waals surface area contributed by atoms with Crippen LogP contribution < -0.4 is 5.32 Å². The third kappa shape index (κ3) is 5.86. The lowest BCUT2D eigenvalue weighted by Gasteiger charge is -2.32. The molecule has 1 saturated carbocycles. The zero-order valence-electron chi connectivity index (χ0n) is 22.3. The fourth-order valence-electron chi connectivity index (χ4n) is 5.97. The minimum atomic E-state index is -0.352. The summed E-state index contributed by atoms with van der Waals surface area (Å²) in [6.07, 6.45) is 14.2. The van der Waals surface area contributed by atoms with E-state index >= 15 is 0 Å². The van der Waals surface area contributed by atoms with Gasteiger partial charge in [-0.15, -0.1) is 4.99 Å². The van der Waals surface area contributed by atoms with E-state index in [0.29, 0.717) is 17.8 Å². The molecule has 7 heteroatoms. The molecule has 1 aromatic heterocycles. The Kier molecular flexibility index (Phi) is 7.60. The second-order valence-corrected chi connectivity index (χ2v) is 11.7. The number of amides is 1. The maximum Gasteiger partial charge on any atom is 0.294 e. The second-order valence-electron chi connectivity index (χ2n) is 11.7. The van der Waals surface area contributed by atoms with E-state index in [4.69, 9.17) is 16.3 Å². The van der Waals surface area contributed by atoms with Gasteiger partial charge in [0.25, 0.3) is 11.7 Å². The standard InChI is InChI=1S/C30H39N5O2/c1-29(2)16-12-22(13-17-29)27-23(33-28(36)24-9-11-26(31-3)32-24)8-10-25(34-27)30(14-4-5-15-30)37-21-20-35-18-6-7-19-35/h8,10-12H,4-7,9,13-21H2,1-2H3,(H,33,36). The van der Waals surface area contributed by atoms with Crippen molar-refractivity contribution in [2.75, 3.05) is 31.6 Å². The summed E-state index contributed by atoms with van der Waals surface area (Å²) in [5, 5.41) is 3.07. The number of pyridine rings is 1. The number of aliphatic imine (C=N–C) groups is 1. The first-order chi connectivity index (χ1) is 17.9. The van der Waals surface area contributed by atoms with Crippen LogP contribution >= 0.6 is 0 Å². The number of nitrogens with one attached hydrogen (secondary N) is 1. The predicted molar refractivity (Wildman–Crippen MR) is 147 cm³/mol. The Bertz CT molecular complexity index is 1160. The van der Waals surface area contributed by atoms with Crippen molar-refractivity contribution in [2.24, 2.45) is 10.4 Å². The van der Waals surface area contributed by atoms with E-state index in [1.165, 1.54) is 31.5 Å². The molecule has 4 aliphatic rings. The van der Waals surface area contributed by atoms with Crippen molar-refractivity contribution >= 4 is 22.9 Å². The van der Waals surface area contributed by atoms with Crippen molar-refractivity contribution < 1.29 is 9.53 Å². The average Bonchev–Trinajstić information content (AvgIpc) is 3.67. The molecule has 0 radical (unpaired) electrons. The van der Waals surface area contributed by atoms with Crippen molar-refractivity contribution in [3.63, 3.8) is 0 Å². The normalized spacial score (nSPS) is 22.8. The number of allylic oxidation sites excluding steroid dienone is 3. The largest absolute Gasteiger partial charge is 0.367 e. The number of rotatable bonds is 8. The highest BCUT2D eigenvalue weighted by Crippen LogP contribution is 2.44. The van der Waals surface area contributed by atoms with Crippen LogP contribution in [0, 0.1) is 12.0 Å². The fourth-order valence-corrected chi connectivity index (χ4v) is 5.97.